The molecule has 3 rings (SSSR count). The molecule has 2 amide bonds. The molecule has 6 heteroatoms. The van der Waals surface area contributed by atoms with Crippen LogP contribution >= 0.6 is 0 Å². The lowest BCUT2D eigenvalue weighted by Gasteiger charge is -2.35. The molecule has 1 aliphatic heterocycles. The summed E-state index contributed by atoms with van der Waals surface area (Å²) in [6.45, 7) is 9.05. The lowest BCUT2D eigenvalue weighted by atomic mass is 9.90. The van der Waals surface area contributed by atoms with Crippen LogP contribution in [0.5, 0.6) is 0 Å². The highest BCUT2D eigenvalue weighted by Gasteiger charge is 2.32. The molecule has 0 aliphatic carbocycles. The fraction of sp³-hybridized carbons (Fsp3) is 0.550. The monoisotopic (exact) mass is 357 g/mol. The van der Waals surface area contributed by atoms with Gasteiger partial charge in [-0.05, 0) is 31.0 Å². The van der Waals surface area contributed by atoms with Gasteiger partial charge in [0.1, 0.15) is 5.52 Å². The summed E-state index contributed by atoms with van der Waals surface area (Å²) < 4.78 is 5.59. The number of aromatic nitrogens is 1. The summed E-state index contributed by atoms with van der Waals surface area (Å²) >= 11 is 0. The van der Waals surface area contributed by atoms with Crippen molar-refractivity contribution < 1.29 is 14.0 Å². The van der Waals surface area contributed by atoms with Crippen LogP contribution in [-0.2, 0) is 16.0 Å². The van der Waals surface area contributed by atoms with Crippen LogP contribution in [0, 0.1) is 11.3 Å². The molecule has 140 valence electrons. The van der Waals surface area contributed by atoms with E-state index in [9.17, 15) is 9.59 Å². The Hall–Kier alpha value is -2.37. The Bertz CT molecular complexity index is 811. The van der Waals surface area contributed by atoms with E-state index in [1.165, 1.54) is 0 Å². The molecule has 0 spiro atoms. The molecule has 1 fully saturated rings. The van der Waals surface area contributed by atoms with Crippen molar-refractivity contribution in [1.82, 2.24) is 9.88 Å². The molecular formula is C20H27N3O3. The second-order valence-electron chi connectivity index (χ2n) is 7.95. The highest BCUT2D eigenvalue weighted by Crippen LogP contribution is 2.25. The number of anilines is 1. The number of benzene rings is 1. The number of carbonyl (C=O) groups is 2. The molecule has 6 nitrogen and oxygen atoms in total. The van der Waals surface area contributed by atoms with Gasteiger partial charge in [-0.15, -0.1) is 0 Å². The Kier molecular flexibility index (Phi) is 5.03. The summed E-state index contributed by atoms with van der Waals surface area (Å²) in [5, 5.41) is 2.98. The highest BCUT2D eigenvalue weighted by atomic mass is 16.3. The second kappa shape index (κ2) is 7.09. The van der Waals surface area contributed by atoms with E-state index in [1.54, 1.807) is 0 Å². The molecule has 1 aliphatic rings. The van der Waals surface area contributed by atoms with Crippen molar-refractivity contribution in [2.24, 2.45) is 11.3 Å². The number of rotatable bonds is 3. The number of aryl methyl sites for hydroxylation is 1. The van der Waals surface area contributed by atoms with Gasteiger partial charge in [0.2, 0.25) is 11.8 Å². The Morgan fingerprint density at radius 3 is 2.58 bits per heavy atom. The smallest absolute Gasteiger partial charge is 0.227 e. The van der Waals surface area contributed by atoms with Crippen LogP contribution in [-0.4, -0.2) is 34.8 Å². The lowest BCUT2D eigenvalue weighted by Crippen LogP contribution is -2.45. The largest absolute Gasteiger partial charge is 0.441 e. The zero-order valence-electron chi connectivity index (χ0n) is 16.0. The molecule has 0 bridgehead atoms. The van der Waals surface area contributed by atoms with Crippen LogP contribution in [0.4, 0.5) is 5.69 Å². The number of oxazole rings is 1. The van der Waals surface area contributed by atoms with E-state index in [4.69, 9.17) is 4.42 Å². The molecule has 2 aromatic rings. The standard InChI is InChI=1S/C20H27N3O3/c1-5-17-22-15-12-14(6-7-16(15)26-17)21-18(24)13-8-10-23(11-9-13)19(25)20(2,3)4/h6-7,12-13H,5,8-11H2,1-4H3,(H,21,24). The highest BCUT2D eigenvalue weighted by molar-refractivity contribution is 5.94. The summed E-state index contributed by atoms with van der Waals surface area (Å²) in [5.41, 5.74) is 1.84. The van der Waals surface area contributed by atoms with Crippen molar-refractivity contribution in [2.75, 3.05) is 18.4 Å². The van der Waals surface area contributed by atoms with Gasteiger partial charge in [-0.2, -0.15) is 0 Å². The first-order valence-corrected chi connectivity index (χ1v) is 9.27. The van der Waals surface area contributed by atoms with Crippen LogP contribution in [0.2, 0.25) is 0 Å². The Labute approximate surface area is 153 Å². The average Bonchev–Trinajstić information content (AvgIpc) is 3.03. The van der Waals surface area contributed by atoms with Gasteiger partial charge in [0, 0.05) is 36.5 Å². The third-order valence-corrected chi connectivity index (χ3v) is 4.80. The van der Waals surface area contributed by atoms with Crippen LogP contribution in [0.15, 0.2) is 22.6 Å². The molecule has 0 unspecified atom stereocenters. The first kappa shape index (κ1) is 18.4. The number of likely N-dealkylation sites (tertiary alicyclic amines) is 1. The number of carbonyl (C=O) groups excluding carboxylic acids is 2. The van der Waals surface area contributed by atoms with Gasteiger partial charge in [-0.25, -0.2) is 4.98 Å². The van der Waals surface area contributed by atoms with E-state index in [0.29, 0.717) is 31.8 Å². The Morgan fingerprint density at radius 1 is 1.27 bits per heavy atom. The predicted octanol–water partition coefficient (Wildman–Crippen LogP) is 3.61. The molecule has 1 N–H and O–H groups in total. The molecule has 0 radical (unpaired) electrons. The maximum absolute atomic E-state index is 12.6. The van der Waals surface area contributed by atoms with E-state index < -0.39 is 0 Å². The summed E-state index contributed by atoms with van der Waals surface area (Å²) in [6, 6.07) is 5.51. The fourth-order valence-corrected chi connectivity index (χ4v) is 3.27. The van der Waals surface area contributed by atoms with E-state index in [0.717, 1.165) is 23.2 Å². The summed E-state index contributed by atoms with van der Waals surface area (Å²) in [5.74, 6) is 0.781. The first-order chi connectivity index (χ1) is 12.3. The van der Waals surface area contributed by atoms with Gasteiger partial charge in [-0.3, -0.25) is 9.59 Å². The summed E-state index contributed by atoms with van der Waals surface area (Å²) in [7, 11) is 0. The van der Waals surface area contributed by atoms with Gasteiger partial charge >= 0.3 is 0 Å². The van der Waals surface area contributed by atoms with E-state index >= 15 is 0 Å². The van der Waals surface area contributed by atoms with Crippen LogP contribution in [0.3, 0.4) is 0 Å². The summed E-state index contributed by atoms with van der Waals surface area (Å²) in [4.78, 5) is 31.2. The maximum Gasteiger partial charge on any atom is 0.227 e. The molecule has 26 heavy (non-hydrogen) atoms. The Morgan fingerprint density at radius 2 is 1.96 bits per heavy atom. The molecule has 0 atom stereocenters. The molecule has 2 heterocycles. The molecule has 1 aromatic heterocycles. The van der Waals surface area contributed by atoms with Gasteiger partial charge < -0.3 is 14.6 Å². The molecule has 1 aromatic carbocycles. The minimum atomic E-state index is -0.376. The number of hydrogen-bond donors (Lipinski definition) is 1. The van der Waals surface area contributed by atoms with E-state index in [1.807, 2.05) is 50.8 Å². The third-order valence-electron chi connectivity index (χ3n) is 4.80. The second-order valence-corrected chi connectivity index (χ2v) is 7.95. The van der Waals surface area contributed by atoms with Crippen LogP contribution in [0.1, 0.15) is 46.4 Å². The first-order valence-electron chi connectivity index (χ1n) is 9.27. The number of fused-ring (bicyclic) bond motifs is 1. The lowest BCUT2D eigenvalue weighted by molar-refractivity contribution is -0.142. The molecular weight excluding hydrogens is 330 g/mol. The third kappa shape index (κ3) is 3.89. The zero-order valence-corrected chi connectivity index (χ0v) is 16.0. The number of nitrogens with one attached hydrogen (secondary N) is 1. The van der Waals surface area contributed by atoms with Crippen molar-refractivity contribution in [3.05, 3.63) is 24.1 Å². The quantitative estimate of drug-likeness (QED) is 0.910. The normalized spacial score (nSPS) is 16.1. The Balaban J connectivity index is 1.60. The molecule has 1 saturated heterocycles. The SMILES string of the molecule is CCc1nc2cc(NC(=O)C3CCN(C(=O)C(C)(C)C)CC3)ccc2o1. The van der Waals surface area contributed by atoms with Crippen LogP contribution in [0.25, 0.3) is 11.1 Å². The van der Waals surface area contributed by atoms with E-state index in [-0.39, 0.29) is 23.1 Å². The van der Waals surface area contributed by atoms with Crippen molar-refractivity contribution >= 4 is 28.6 Å². The zero-order chi connectivity index (χ0) is 18.9. The number of piperidine rings is 1. The van der Waals surface area contributed by atoms with E-state index in [2.05, 4.69) is 10.3 Å². The average molecular weight is 357 g/mol. The minimum absolute atomic E-state index is 0.00594. The van der Waals surface area contributed by atoms with Crippen molar-refractivity contribution in [1.29, 1.82) is 0 Å². The topological polar surface area (TPSA) is 75.4 Å². The summed E-state index contributed by atoms with van der Waals surface area (Å²) in [6.07, 6.45) is 2.13. The molecule has 0 saturated carbocycles. The van der Waals surface area contributed by atoms with Gasteiger partial charge in [0.05, 0.1) is 0 Å². The minimum Gasteiger partial charge on any atom is -0.441 e. The van der Waals surface area contributed by atoms with Gasteiger partial charge in [-0.1, -0.05) is 27.7 Å². The number of amides is 2. The van der Waals surface area contributed by atoms with Crippen LogP contribution < -0.4 is 5.32 Å². The fourth-order valence-electron chi connectivity index (χ4n) is 3.27. The predicted molar refractivity (Wildman–Crippen MR) is 101 cm³/mol. The number of hydrogen-bond acceptors (Lipinski definition) is 4. The number of nitrogens with zero attached hydrogens (tertiary/aromatic N) is 2. The van der Waals surface area contributed by atoms with Crippen molar-refractivity contribution in [3.63, 3.8) is 0 Å². The van der Waals surface area contributed by atoms with Crippen molar-refractivity contribution in [2.45, 2.75) is 47.0 Å². The van der Waals surface area contributed by atoms with Gasteiger partial charge in [0.15, 0.2) is 11.5 Å². The maximum atomic E-state index is 12.6. The van der Waals surface area contributed by atoms with Gasteiger partial charge in [0.25, 0.3) is 0 Å². The van der Waals surface area contributed by atoms with Crippen molar-refractivity contribution in [3.8, 4) is 0 Å².